The summed E-state index contributed by atoms with van der Waals surface area (Å²) in [7, 11) is 0. The Hall–Kier alpha value is -4.33. The van der Waals surface area contributed by atoms with E-state index in [4.69, 9.17) is 0 Å². The van der Waals surface area contributed by atoms with Crippen LogP contribution in [0, 0.1) is 17.0 Å². The van der Waals surface area contributed by atoms with Crippen molar-refractivity contribution in [1.29, 1.82) is 0 Å². The summed E-state index contributed by atoms with van der Waals surface area (Å²) < 4.78 is 0. The van der Waals surface area contributed by atoms with Gasteiger partial charge < -0.3 is 4.90 Å². The average Bonchev–Trinajstić information content (AvgIpc) is 3.34. The zero-order chi connectivity index (χ0) is 22.2. The SMILES string of the molecule is Cc1ccc(-c2n[nH]c3c2C(c2cccc([N+](=O)[O-])c2)N(Cc2cccnc2)C3=O)cc1. The molecule has 1 aliphatic heterocycles. The maximum absolute atomic E-state index is 13.4. The van der Waals surface area contributed by atoms with E-state index in [1.54, 1.807) is 23.4 Å². The van der Waals surface area contributed by atoms with Crippen molar-refractivity contribution in [3.63, 3.8) is 0 Å². The van der Waals surface area contributed by atoms with E-state index in [0.29, 0.717) is 23.5 Å². The summed E-state index contributed by atoms with van der Waals surface area (Å²) >= 11 is 0. The standard InChI is InChI=1S/C24H19N5O3/c1-15-7-9-17(10-8-15)21-20-22(27-26-21)24(30)28(14-16-4-3-11-25-13-16)23(20)18-5-2-6-19(12-18)29(31)32/h2-13,23H,14H2,1H3,(H,26,27). The van der Waals surface area contributed by atoms with Gasteiger partial charge in [-0.15, -0.1) is 0 Å². The molecule has 0 bridgehead atoms. The molecule has 8 nitrogen and oxygen atoms in total. The minimum atomic E-state index is -0.521. The van der Waals surface area contributed by atoms with Crippen LogP contribution in [0.15, 0.2) is 73.1 Å². The van der Waals surface area contributed by atoms with Crippen LogP contribution in [0.4, 0.5) is 5.69 Å². The topological polar surface area (TPSA) is 105 Å². The second-order valence-corrected chi connectivity index (χ2v) is 7.78. The zero-order valence-corrected chi connectivity index (χ0v) is 17.2. The third kappa shape index (κ3) is 3.31. The van der Waals surface area contributed by atoms with E-state index >= 15 is 0 Å². The van der Waals surface area contributed by atoms with Gasteiger partial charge in [-0.1, -0.05) is 48.0 Å². The van der Waals surface area contributed by atoms with Gasteiger partial charge >= 0.3 is 0 Å². The maximum atomic E-state index is 13.4. The van der Waals surface area contributed by atoms with Crippen LogP contribution in [-0.4, -0.2) is 30.9 Å². The Labute approximate surface area is 183 Å². The highest BCUT2D eigenvalue weighted by Gasteiger charge is 2.42. The predicted molar refractivity (Wildman–Crippen MR) is 118 cm³/mol. The fourth-order valence-corrected chi connectivity index (χ4v) is 4.13. The Balaban J connectivity index is 1.67. The number of hydrogen-bond acceptors (Lipinski definition) is 5. The molecule has 1 aliphatic rings. The van der Waals surface area contributed by atoms with Crippen molar-refractivity contribution in [3.8, 4) is 11.3 Å². The van der Waals surface area contributed by atoms with Crippen LogP contribution >= 0.6 is 0 Å². The number of carbonyl (C=O) groups excluding carboxylic acids is 1. The van der Waals surface area contributed by atoms with E-state index in [-0.39, 0.29) is 11.6 Å². The van der Waals surface area contributed by atoms with Crippen molar-refractivity contribution in [2.45, 2.75) is 19.5 Å². The molecule has 0 fully saturated rings. The van der Waals surface area contributed by atoms with Gasteiger partial charge in [0.05, 0.1) is 16.7 Å². The lowest BCUT2D eigenvalue weighted by atomic mass is 9.95. The number of aromatic amines is 1. The van der Waals surface area contributed by atoms with Gasteiger partial charge in [0.25, 0.3) is 11.6 Å². The van der Waals surface area contributed by atoms with E-state index in [2.05, 4.69) is 15.2 Å². The van der Waals surface area contributed by atoms with Gasteiger partial charge in [-0.05, 0) is 24.1 Å². The van der Waals surface area contributed by atoms with E-state index in [1.165, 1.54) is 12.1 Å². The first kappa shape index (κ1) is 19.6. The summed E-state index contributed by atoms with van der Waals surface area (Å²) in [5, 5.41) is 18.8. The predicted octanol–water partition coefficient (Wildman–Crippen LogP) is 4.43. The molecule has 0 radical (unpaired) electrons. The van der Waals surface area contributed by atoms with Gasteiger partial charge in [-0.3, -0.25) is 25.0 Å². The van der Waals surface area contributed by atoms with Gasteiger partial charge in [0.15, 0.2) is 0 Å². The molecule has 0 aliphatic carbocycles. The van der Waals surface area contributed by atoms with Crippen molar-refractivity contribution < 1.29 is 9.72 Å². The van der Waals surface area contributed by atoms with Crippen LogP contribution in [0.1, 0.15) is 38.8 Å². The third-order valence-electron chi connectivity index (χ3n) is 5.66. The minimum absolute atomic E-state index is 0.0230. The van der Waals surface area contributed by atoms with Gasteiger partial charge in [-0.25, -0.2) is 0 Å². The number of pyridine rings is 1. The van der Waals surface area contributed by atoms with E-state index < -0.39 is 11.0 Å². The first-order chi connectivity index (χ1) is 15.5. The molecule has 2 aromatic carbocycles. The monoisotopic (exact) mass is 425 g/mol. The Morgan fingerprint density at radius 2 is 1.94 bits per heavy atom. The van der Waals surface area contributed by atoms with Gasteiger partial charge in [-0.2, -0.15) is 5.10 Å². The Kier molecular flexibility index (Phi) is 4.74. The summed E-state index contributed by atoms with van der Waals surface area (Å²) in [5.74, 6) is -0.203. The van der Waals surface area contributed by atoms with Crippen LogP contribution in [-0.2, 0) is 6.54 Å². The lowest BCUT2D eigenvalue weighted by Gasteiger charge is -2.26. The molecule has 0 spiro atoms. The molecule has 1 N–H and O–H groups in total. The number of nitrogens with one attached hydrogen (secondary N) is 1. The number of hydrogen-bond donors (Lipinski definition) is 1. The quantitative estimate of drug-likeness (QED) is 0.376. The number of amides is 1. The molecule has 0 saturated carbocycles. The Bertz CT molecular complexity index is 1320. The van der Waals surface area contributed by atoms with Crippen molar-refractivity contribution in [3.05, 3.63) is 111 Å². The molecule has 3 heterocycles. The number of rotatable bonds is 5. The lowest BCUT2D eigenvalue weighted by Crippen LogP contribution is -2.29. The van der Waals surface area contributed by atoms with Gasteiger partial charge in [0.1, 0.15) is 5.69 Å². The number of nitro benzene ring substituents is 1. The average molecular weight is 425 g/mol. The smallest absolute Gasteiger partial charge is 0.273 e. The largest absolute Gasteiger partial charge is 0.322 e. The molecular weight excluding hydrogens is 406 g/mol. The van der Waals surface area contributed by atoms with Crippen molar-refractivity contribution in [1.82, 2.24) is 20.1 Å². The molecule has 0 saturated heterocycles. The third-order valence-corrected chi connectivity index (χ3v) is 5.66. The number of H-pyrrole nitrogens is 1. The van der Waals surface area contributed by atoms with Crippen LogP contribution in [0.3, 0.4) is 0 Å². The molecule has 4 aromatic rings. The summed E-state index contributed by atoms with van der Waals surface area (Å²) in [6.45, 7) is 2.32. The highest BCUT2D eigenvalue weighted by atomic mass is 16.6. The van der Waals surface area contributed by atoms with E-state index in [9.17, 15) is 14.9 Å². The molecule has 2 aromatic heterocycles. The van der Waals surface area contributed by atoms with Gasteiger partial charge in [0, 0.05) is 42.2 Å². The number of nitro groups is 1. The second-order valence-electron chi connectivity index (χ2n) is 7.78. The number of non-ortho nitro benzene ring substituents is 1. The summed E-state index contributed by atoms with van der Waals surface area (Å²) in [6.07, 6.45) is 3.39. The molecule has 1 unspecified atom stereocenters. The molecule has 32 heavy (non-hydrogen) atoms. The number of nitrogens with zero attached hydrogens (tertiary/aromatic N) is 4. The molecular formula is C24H19N5O3. The number of benzene rings is 2. The summed E-state index contributed by atoms with van der Waals surface area (Å²) in [6, 6.07) is 17.5. The van der Waals surface area contributed by atoms with Crippen molar-refractivity contribution in [2.75, 3.05) is 0 Å². The highest BCUT2D eigenvalue weighted by Crippen LogP contribution is 2.44. The van der Waals surface area contributed by atoms with Crippen LogP contribution in [0.25, 0.3) is 11.3 Å². The summed E-state index contributed by atoms with van der Waals surface area (Å²) in [4.78, 5) is 30.2. The number of fused-ring (bicyclic) bond motifs is 1. The number of carbonyl (C=O) groups is 1. The molecule has 1 amide bonds. The first-order valence-electron chi connectivity index (χ1n) is 10.1. The van der Waals surface area contributed by atoms with Crippen molar-refractivity contribution in [2.24, 2.45) is 0 Å². The van der Waals surface area contributed by atoms with Crippen LogP contribution in [0.2, 0.25) is 0 Å². The van der Waals surface area contributed by atoms with Gasteiger partial charge in [0.2, 0.25) is 0 Å². The molecule has 5 rings (SSSR count). The van der Waals surface area contributed by atoms with Crippen LogP contribution in [0.5, 0.6) is 0 Å². The van der Waals surface area contributed by atoms with E-state index in [0.717, 1.165) is 22.3 Å². The van der Waals surface area contributed by atoms with E-state index in [1.807, 2.05) is 49.4 Å². The summed E-state index contributed by atoms with van der Waals surface area (Å²) in [5.41, 5.74) is 5.29. The number of aromatic nitrogens is 3. The normalized spacial score (nSPS) is 15.1. The maximum Gasteiger partial charge on any atom is 0.273 e. The fraction of sp³-hybridized carbons (Fsp3) is 0.125. The first-order valence-corrected chi connectivity index (χ1v) is 10.1. The fourth-order valence-electron chi connectivity index (χ4n) is 4.13. The Morgan fingerprint density at radius 3 is 2.66 bits per heavy atom. The second kappa shape index (κ2) is 7.73. The lowest BCUT2D eigenvalue weighted by molar-refractivity contribution is -0.384. The Morgan fingerprint density at radius 1 is 1.12 bits per heavy atom. The molecule has 158 valence electrons. The van der Waals surface area contributed by atoms with Crippen LogP contribution < -0.4 is 0 Å². The molecule has 1 atom stereocenters. The number of aryl methyl sites for hydroxylation is 1. The molecule has 8 heteroatoms. The highest BCUT2D eigenvalue weighted by molar-refractivity contribution is 6.00. The zero-order valence-electron chi connectivity index (χ0n) is 17.2. The van der Waals surface area contributed by atoms with Crippen molar-refractivity contribution >= 4 is 11.6 Å². The minimum Gasteiger partial charge on any atom is -0.322 e.